The fourth-order valence-electron chi connectivity index (χ4n) is 2.24. The maximum absolute atomic E-state index is 13.2. The number of anilines is 1. The average molecular weight is 461 g/mol. The Bertz CT molecular complexity index is 898. The van der Waals surface area contributed by atoms with E-state index in [1.165, 1.54) is 12.1 Å². The van der Waals surface area contributed by atoms with Gasteiger partial charge >= 0.3 is 5.97 Å². The van der Waals surface area contributed by atoms with Crippen molar-refractivity contribution in [2.75, 3.05) is 10.8 Å². The number of halogens is 2. The number of aryl methyl sites for hydroxylation is 1. The summed E-state index contributed by atoms with van der Waals surface area (Å²) in [5.41, 5.74) is 1.13. The largest absolute Gasteiger partial charge is 0.462 e. The Morgan fingerprint density at radius 2 is 1.81 bits per heavy atom. The molecule has 0 aliphatic heterocycles. The van der Waals surface area contributed by atoms with Crippen molar-refractivity contribution in [2.45, 2.75) is 31.8 Å². The zero-order valence-electron chi connectivity index (χ0n) is 14.6. The van der Waals surface area contributed by atoms with Crippen molar-refractivity contribution in [3.63, 3.8) is 0 Å². The van der Waals surface area contributed by atoms with Crippen molar-refractivity contribution in [1.82, 2.24) is 0 Å². The number of carbonyl (C=O) groups excluding carboxylic acids is 1. The highest BCUT2D eigenvalue weighted by atomic mass is 79.9. The van der Waals surface area contributed by atoms with Gasteiger partial charge in [0.05, 0.1) is 21.7 Å². The third-order valence-corrected chi connectivity index (χ3v) is 6.00. The second-order valence-corrected chi connectivity index (χ2v) is 9.14. The van der Waals surface area contributed by atoms with E-state index in [2.05, 4.69) is 15.9 Å². The number of esters is 1. The van der Waals surface area contributed by atoms with Crippen molar-refractivity contribution in [3.05, 3.63) is 57.5 Å². The van der Waals surface area contributed by atoms with Gasteiger partial charge < -0.3 is 4.74 Å². The number of carbonyl (C=O) groups is 1. The van der Waals surface area contributed by atoms with Gasteiger partial charge in [0, 0.05) is 4.47 Å². The lowest BCUT2D eigenvalue weighted by Crippen LogP contribution is -2.37. The molecule has 2 aromatic carbocycles. The molecule has 8 heteroatoms. The van der Waals surface area contributed by atoms with E-state index in [0.29, 0.717) is 4.47 Å². The smallest absolute Gasteiger partial charge is 0.327 e. The minimum Gasteiger partial charge on any atom is -0.462 e. The molecule has 26 heavy (non-hydrogen) atoms. The van der Waals surface area contributed by atoms with E-state index in [4.69, 9.17) is 16.3 Å². The lowest BCUT2D eigenvalue weighted by Gasteiger charge is -2.25. The van der Waals surface area contributed by atoms with Gasteiger partial charge in [-0.15, -0.1) is 0 Å². The molecule has 0 radical (unpaired) electrons. The molecule has 0 unspecified atom stereocenters. The van der Waals surface area contributed by atoms with Crippen LogP contribution in [0.1, 0.15) is 19.4 Å². The first-order valence-corrected chi connectivity index (χ1v) is 10.5. The molecule has 0 aliphatic carbocycles. The molecule has 0 heterocycles. The minimum atomic E-state index is -4.00. The number of ether oxygens (including phenoxy) is 1. The highest BCUT2D eigenvalue weighted by Crippen LogP contribution is 2.32. The Kier molecular flexibility index (Phi) is 6.71. The van der Waals surface area contributed by atoms with Crippen LogP contribution in [0.2, 0.25) is 5.02 Å². The van der Waals surface area contributed by atoms with Crippen LogP contribution in [-0.2, 0) is 19.6 Å². The number of nitrogens with zero attached hydrogens (tertiary/aromatic N) is 1. The fraction of sp³-hybridized carbons (Fsp3) is 0.278. The standard InChI is InChI=1S/C18H19BrClNO4S/c1-12(2)25-18(22)11-21(17-9-6-14(19)10-16(17)20)26(23,24)15-7-4-13(3)5-8-15/h4-10,12H,11H2,1-3H3. The first-order chi connectivity index (χ1) is 12.1. The first-order valence-electron chi connectivity index (χ1n) is 7.85. The summed E-state index contributed by atoms with van der Waals surface area (Å²) in [6.07, 6.45) is -0.355. The van der Waals surface area contributed by atoms with Crippen molar-refractivity contribution in [1.29, 1.82) is 0 Å². The summed E-state index contributed by atoms with van der Waals surface area (Å²) in [7, 11) is -4.00. The number of hydrogen-bond acceptors (Lipinski definition) is 4. The first kappa shape index (κ1) is 20.7. The molecular formula is C18H19BrClNO4S. The molecule has 0 N–H and O–H groups in total. The van der Waals surface area contributed by atoms with Crippen LogP contribution < -0.4 is 4.31 Å². The lowest BCUT2D eigenvalue weighted by molar-refractivity contribution is -0.145. The summed E-state index contributed by atoms with van der Waals surface area (Å²) in [6, 6.07) is 11.2. The van der Waals surface area contributed by atoms with Crippen LogP contribution in [0.3, 0.4) is 0 Å². The highest BCUT2D eigenvalue weighted by Gasteiger charge is 2.29. The van der Waals surface area contributed by atoms with E-state index in [1.54, 1.807) is 44.2 Å². The molecule has 0 bridgehead atoms. The maximum atomic E-state index is 13.2. The van der Waals surface area contributed by atoms with Crippen LogP contribution in [0.15, 0.2) is 51.8 Å². The predicted molar refractivity (Wildman–Crippen MR) is 106 cm³/mol. The Labute approximate surface area is 167 Å². The monoisotopic (exact) mass is 459 g/mol. The predicted octanol–water partition coefficient (Wildman–Crippen LogP) is 4.56. The summed E-state index contributed by atoms with van der Waals surface area (Å²) in [6.45, 7) is 4.78. The van der Waals surface area contributed by atoms with Crippen molar-refractivity contribution < 1.29 is 17.9 Å². The van der Waals surface area contributed by atoms with E-state index >= 15 is 0 Å². The third kappa shape index (κ3) is 4.99. The van der Waals surface area contributed by atoms with E-state index < -0.39 is 22.5 Å². The van der Waals surface area contributed by atoms with Crippen LogP contribution in [0.5, 0.6) is 0 Å². The molecule has 0 aromatic heterocycles. The Morgan fingerprint density at radius 3 is 2.35 bits per heavy atom. The molecule has 0 fully saturated rings. The molecule has 140 valence electrons. The van der Waals surface area contributed by atoms with E-state index in [0.717, 1.165) is 9.87 Å². The van der Waals surface area contributed by atoms with Gasteiger partial charge in [-0.2, -0.15) is 0 Å². The van der Waals surface area contributed by atoms with Gasteiger partial charge in [0.2, 0.25) is 0 Å². The molecule has 0 spiro atoms. The van der Waals surface area contributed by atoms with E-state index in [9.17, 15) is 13.2 Å². The molecule has 5 nitrogen and oxygen atoms in total. The molecular weight excluding hydrogens is 442 g/mol. The Hall–Kier alpha value is -1.57. The van der Waals surface area contributed by atoms with Crippen molar-refractivity contribution in [2.24, 2.45) is 0 Å². The van der Waals surface area contributed by atoms with Crippen LogP contribution in [0.4, 0.5) is 5.69 Å². The second kappa shape index (κ2) is 8.41. The highest BCUT2D eigenvalue weighted by molar-refractivity contribution is 9.10. The van der Waals surface area contributed by atoms with Gasteiger partial charge in [0.1, 0.15) is 6.54 Å². The minimum absolute atomic E-state index is 0.0689. The molecule has 2 aromatic rings. The van der Waals surface area contributed by atoms with Gasteiger partial charge in [-0.3, -0.25) is 9.10 Å². The summed E-state index contributed by atoms with van der Waals surface area (Å²) >= 11 is 9.53. The average Bonchev–Trinajstić information content (AvgIpc) is 2.53. The Balaban J connectivity index is 2.52. The summed E-state index contributed by atoms with van der Waals surface area (Å²) in [4.78, 5) is 12.2. The third-order valence-electron chi connectivity index (χ3n) is 3.43. The normalized spacial score (nSPS) is 11.5. The maximum Gasteiger partial charge on any atom is 0.327 e. The fourth-order valence-corrected chi connectivity index (χ4v) is 4.49. The molecule has 0 saturated carbocycles. The summed E-state index contributed by atoms with van der Waals surface area (Å²) < 4.78 is 33.1. The van der Waals surface area contributed by atoms with Gasteiger partial charge in [-0.05, 0) is 51.1 Å². The number of hydrogen-bond donors (Lipinski definition) is 0. The quantitative estimate of drug-likeness (QED) is 0.593. The number of rotatable bonds is 6. The van der Waals surface area contributed by atoms with Gasteiger partial charge in [0.25, 0.3) is 10.0 Å². The Morgan fingerprint density at radius 1 is 1.19 bits per heavy atom. The molecule has 0 amide bonds. The molecule has 2 rings (SSSR count). The topological polar surface area (TPSA) is 63.7 Å². The van der Waals surface area contributed by atoms with Gasteiger partial charge in [-0.25, -0.2) is 8.42 Å². The van der Waals surface area contributed by atoms with Crippen LogP contribution in [-0.4, -0.2) is 27.0 Å². The van der Waals surface area contributed by atoms with Gasteiger partial charge in [-0.1, -0.05) is 45.2 Å². The second-order valence-electron chi connectivity index (χ2n) is 5.96. The molecule has 0 saturated heterocycles. The van der Waals surface area contributed by atoms with Crippen LogP contribution >= 0.6 is 27.5 Å². The van der Waals surface area contributed by atoms with Crippen LogP contribution in [0.25, 0.3) is 0 Å². The van der Waals surface area contributed by atoms with Crippen LogP contribution in [0, 0.1) is 6.92 Å². The summed E-state index contributed by atoms with van der Waals surface area (Å²) in [5, 5.41) is 0.201. The van der Waals surface area contributed by atoms with E-state index in [1.807, 2.05) is 6.92 Å². The van der Waals surface area contributed by atoms with E-state index in [-0.39, 0.29) is 21.7 Å². The molecule has 0 atom stereocenters. The number of sulfonamides is 1. The van der Waals surface area contributed by atoms with Gasteiger partial charge in [0.15, 0.2) is 0 Å². The SMILES string of the molecule is Cc1ccc(S(=O)(=O)N(CC(=O)OC(C)C)c2ccc(Br)cc2Cl)cc1. The van der Waals surface area contributed by atoms with Crippen molar-refractivity contribution in [3.8, 4) is 0 Å². The van der Waals surface area contributed by atoms with Crippen molar-refractivity contribution >= 4 is 49.2 Å². The summed E-state index contributed by atoms with van der Waals surface area (Å²) in [5.74, 6) is -0.658. The number of benzene rings is 2. The lowest BCUT2D eigenvalue weighted by atomic mass is 10.2. The zero-order chi connectivity index (χ0) is 19.5. The molecule has 0 aliphatic rings. The zero-order valence-corrected chi connectivity index (χ0v) is 17.7.